The smallest absolute Gasteiger partial charge is 0.251 e. The molecule has 0 bridgehead atoms. The van der Waals surface area contributed by atoms with Gasteiger partial charge in [0.05, 0.1) is 6.54 Å². The Kier molecular flexibility index (Phi) is 11.4. The predicted molar refractivity (Wildman–Crippen MR) is 159 cm³/mol. The van der Waals surface area contributed by atoms with E-state index in [1.807, 2.05) is 32.0 Å². The highest BCUT2D eigenvalue weighted by molar-refractivity contribution is 6.30. The predicted octanol–water partition coefficient (Wildman–Crippen LogP) is 3.61. The van der Waals surface area contributed by atoms with E-state index < -0.39 is 23.9 Å². The van der Waals surface area contributed by atoms with Crippen LogP contribution >= 0.6 is 11.6 Å². The maximum atomic E-state index is 13.5. The van der Waals surface area contributed by atoms with Gasteiger partial charge in [0.2, 0.25) is 11.8 Å². The lowest BCUT2D eigenvalue weighted by atomic mass is 9.80. The summed E-state index contributed by atoms with van der Waals surface area (Å²) < 4.78 is 0. The fraction of sp³-hybridized carbons (Fsp3) is 0.467. The second-order valence-electron chi connectivity index (χ2n) is 10.9. The van der Waals surface area contributed by atoms with Crippen LogP contribution in [0.25, 0.3) is 0 Å². The molecule has 0 spiro atoms. The van der Waals surface area contributed by atoms with Gasteiger partial charge in [-0.2, -0.15) is 0 Å². The summed E-state index contributed by atoms with van der Waals surface area (Å²) in [7, 11) is 0. The van der Waals surface area contributed by atoms with Gasteiger partial charge in [-0.25, -0.2) is 4.99 Å². The van der Waals surface area contributed by atoms with Crippen molar-refractivity contribution in [3.63, 3.8) is 0 Å². The first-order chi connectivity index (χ1) is 19.0. The second-order valence-corrected chi connectivity index (χ2v) is 11.3. The number of carbonyl (C=O) groups is 3. The van der Waals surface area contributed by atoms with Crippen LogP contribution in [0, 0.1) is 5.92 Å². The number of nitrogens with two attached hydrogens (primary N) is 2. The first-order valence-corrected chi connectivity index (χ1v) is 14.2. The van der Waals surface area contributed by atoms with E-state index in [0.29, 0.717) is 17.0 Å². The van der Waals surface area contributed by atoms with Crippen LogP contribution in [0.15, 0.2) is 53.5 Å². The minimum atomic E-state index is -0.856. The van der Waals surface area contributed by atoms with Crippen LogP contribution in [0.4, 0.5) is 0 Å². The lowest BCUT2D eigenvalue weighted by Gasteiger charge is -2.34. The van der Waals surface area contributed by atoms with E-state index in [4.69, 9.17) is 23.1 Å². The molecular formula is C30H41ClN6O3. The molecule has 1 aliphatic rings. The number of aliphatic imine (C=N–C) groups is 1. The van der Waals surface area contributed by atoms with Gasteiger partial charge in [0.15, 0.2) is 5.96 Å². The first-order valence-electron chi connectivity index (χ1n) is 13.8. The summed E-state index contributed by atoms with van der Waals surface area (Å²) in [6, 6.07) is 13.0. The standard InChI is InChI=1S/C30H41ClN6O3/c1-18(2)14-26(29(40)36-25-13-5-4-12-24(25)21-9-7-11-23(31)16-21)37-27(38)19(3)35-28(39)22-10-6-8-20(15-22)17-34-30(32)33/h6-11,15-16,18-19,24-26H,4-5,12-14,17H2,1-3H3,(H,35,39)(H,36,40)(H,37,38)(H4,32,33,34)/t19-,24-,25+,26-/m0/s1. The number of rotatable bonds is 11. The zero-order chi connectivity index (χ0) is 29.2. The number of carbonyl (C=O) groups excluding carboxylic acids is 3. The van der Waals surface area contributed by atoms with Gasteiger partial charge in [0, 0.05) is 22.5 Å². The van der Waals surface area contributed by atoms with E-state index in [0.717, 1.165) is 36.8 Å². The molecule has 1 fully saturated rings. The molecule has 10 heteroatoms. The number of nitrogens with one attached hydrogen (secondary N) is 3. The molecule has 40 heavy (non-hydrogen) atoms. The zero-order valence-corrected chi connectivity index (χ0v) is 24.2. The van der Waals surface area contributed by atoms with Crippen molar-refractivity contribution in [3.8, 4) is 0 Å². The van der Waals surface area contributed by atoms with Crippen LogP contribution in [0.3, 0.4) is 0 Å². The molecule has 7 N–H and O–H groups in total. The summed E-state index contributed by atoms with van der Waals surface area (Å²) in [4.78, 5) is 43.4. The number of hydrogen-bond acceptors (Lipinski definition) is 4. The highest BCUT2D eigenvalue weighted by atomic mass is 35.5. The summed E-state index contributed by atoms with van der Waals surface area (Å²) in [6.07, 6.45) is 4.41. The SMILES string of the molecule is CC(C)C[C@H](NC(=O)[C@H](C)NC(=O)c1cccc(CN=C(N)N)c1)C(=O)N[C@@H]1CCCC[C@H]1c1cccc(Cl)c1. The first kappa shape index (κ1) is 30.9. The minimum absolute atomic E-state index is 0.0383. The number of amides is 3. The maximum Gasteiger partial charge on any atom is 0.251 e. The van der Waals surface area contributed by atoms with Gasteiger partial charge in [0.1, 0.15) is 12.1 Å². The zero-order valence-electron chi connectivity index (χ0n) is 23.5. The van der Waals surface area contributed by atoms with Crippen molar-refractivity contribution in [2.45, 2.75) is 83.5 Å². The third kappa shape index (κ3) is 9.26. The summed E-state index contributed by atoms with van der Waals surface area (Å²) in [6.45, 7) is 5.84. The Morgan fingerprint density at radius 3 is 2.40 bits per heavy atom. The number of halogens is 1. The summed E-state index contributed by atoms with van der Waals surface area (Å²) >= 11 is 6.24. The molecule has 3 amide bonds. The average molecular weight is 569 g/mol. The lowest BCUT2D eigenvalue weighted by molar-refractivity contribution is -0.130. The van der Waals surface area contributed by atoms with Gasteiger partial charge in [0.25, 0.3) is 5.91 Å². The van der Waals surface area contributed by atoms with E-state index in [2.05, 4.69) is 27.0 Å². The summed E-state index contributed by atoms with van der Waals surface area (Å²) in [5.74, 6) is -0.765. The Balaban J connectivity index is 1.64. The molecule has 1 aliphatic carbocycles. The van der Waals surface area contributed by atoms with Crippen LogP contribution in [-0.4, -0.2) is 41.8 Å². The summed E-state index contributed by atoms with van der Waals surface area (Å²) in [5, 5.41) is 9.48. The Morgan fingerprint density at radius 1 is 0.975 bits per heavy atom. The molecule has 0 unspecified atom stereocenters. The molecule has 216 valence electrons. The maximum absolute atomic E-state index is 13.5. The van der Waals surface area contributed by atoms with Gasteiger partial charge in [-0.1, -0.05) is 62.6 Å². The lowest BCUT2D eigenvalue weighted by Crippen LogP contribution is -2.55. The Morgan fingerprint density at radius 2 is 1.70 bits per heavy atom. The Bertz CT molecular complexity index is 1210. The van der Waals surface area contributed by atoms with Crippen molar-refractivity contribution in [3.05, 3.63) is 70.2 Å². The van der Waals surface area contributed by atoms with E-state index in [9.17, 15) is 14.4 Å². The molecule has 0 heterocycles. The topological polar surface area (TPSA) is 152 Å². The molecule has 0 radical (unpaired) electrons. The third-order valence-electron chi connectivity index (χ3n) is 7.08. The fourth-order valence-electron chi connectivity index (χ4n) is 5.06. The molecule has 3 rings (SSSR count). The molecule has 0 saturated heterocycles. The molecule has 2 aromatic rings. The molecule has 0 aromatic heterocycles. The quantitative estimate of drug-likeness (QED) is 0.207. The van der Waals surface area contributed by atoms with E-state index in [1.54, 1.807) is 31.2 Å². The van der Waals surface area contributed by atoms with E-state index in [-0.39, 0.29) is 36.3 Å². The van der Waals surface area contributed by atoms with Crippen LogP contribution in [-0.2, 0) is 16.1 Å². The third-order valence-corrected chi connectivity index (χ3v) is 7.32. The van der Waals surface area contributed by atoms with Crippen molar-refractivity contribution >= 4 is 35.3 Å². The van der Waals surface area contributed by atoms with Gasteiger partial charge < -0.3 is 27.4 Å². The molecule has 2 aromatic carbocycles. The van der Waals surface area contributed by atoms with Gasteiger partial charge in [-0.15, -0.1) is 0 Å². The summed E-state index contributed by atoms with van der Waals surface area (Å²) in [5.41, 5.74) is 13.0. The number of hydrogen-bond donors (Lipinski definition) is 5. The van der Waals surface area contributed by atoms with Crippen molar-refractivity contribution in [1.29, 1.82) is 0 Å². The van der Waals surface area contributed by atoms with Gasteiger partial charge in [-0.3, -0.25) is 14.4 Å². The van der Waals surface area contributed by atoms with Crippen LogP contribution < -0.4 is 27.4 Å². The molecule has 0 aliphatic heterocycles. The number of benzene rings is 2. The van der Waals surface area contributed by atoms with Crippen LogP contribution in [0.5, 0.6) is 0 Å². The second kappa shape index (κ2) is 14.7. The van der Waals surface area contributed by atoms with Crippen molar-refractivity contribution in [1.82, 2.24) is 16.0 Å². The molecule has 4 atom stereocenters. The average Bonchev–Trinajstić information content (AvgIpc) is 2.91. The van der Waals surface area contributed by atoms with Crippen LogP contribution in [0.1, 0.15) is 80.3 Å². The van der Waals surface area contributed by atoms with Crippen molar-refractivity contribution in [2.24, 2.45) is 22.4 Å². The molecule has 1 saturated carbocycles. The molecular weight excluding hydrogens is 528 g/mol. The number of nitrogens with zero attached hydrogens (tertiary/aromatic N) is 1. The largest absolute Gasteiger partial charge is 0.370 e. The van der Waals surface area contributed by atoms with E-state index in [1.165, 1.54) is 0 Å². The highest BCUT2D eigenvalue weighted by Gasteiger charge is 2.32. The number of guanidine groups is 1. The van der Waals surface area contributed by atoms with Crippen LogP contribution in [0.2, 0.25) is 5.02 Å². The van der Waals surface area contributed by atoms with Gasteiger partial charge >= 0.3 is 0 Å². The Labute approximate surface area is 241 Å². The normalized spacial score (nSPS) is 18.3. The Hall–Kier alpha value is -3.59. The molecule has 9 nitrogen and oxygen atoms in total. The minimum Gasteiger partial charge on any atom is -0.370 e. The van der Waals surface area contributed by atoms with Crippen molar-refractivity contribution < 1.29 is 14.4 Å². The van der Waals surface area contributed by atoms with Crippen molar-refractivity contribution in [2.75, 3.05) is 0 Å². The monoisotopic (exact) mass is 568 g/mol. The fourth-order valence-corrected chi connectivity index (χ4v) is 5.26. The van der Waals surface area contributed by atoms with E-state index >= 15 is 0 Å². The highest BCUT2D eigenvalue weighted by Crippen LogP contribution is 2.34. The van der Waals surface area contributed by atoms with Gasteiger partial charge in [-0.05, 0) is 67.5 Å².